The fourth-order valence-electron chi connectivity index (χ4n) is 4.92. The fraction of sp³-hybridized carbons (Fsp3) is 0.400. The molecule has 1 aliphatic heterocycles. The summed E-state index contributed by atoms with van der Waals surface area (Å²) in [4.78, 5) is 14.8. The van der Waals surface area contributed by atoms with Gasteiger partial charge in [0.05, 0.1) is 5.52 Å². The highest BCUT2D eigenvalue weighted by Crippen LogP contribution is 2.32. The number of halogens is 2. The van der Waals surface area contributed by atoms with E-state index in [1.807, 2.05) is 18.2 Å². The van der Waals surface area contributed by atoms with Gasteiger partial charge in [0, 0.05) is 39.2 Å². The zero-order chi connectivity index (χ0) is 21.3. The number of benzene rings is 2. The minimum atomic E-state index is 0.135. The lowest BCUT2D eigenvalue weighted by Crippen LogP contribution is -2.23. The zero-order valence-electron chi connectivity index (χ0n) is 17.6. The molecular weight excluding hydrogens is 460 g/mol. The van der Waals surface area contributed by atoms with Gasteiger partial charge in [-0.1, -0.05) is 41.9 Å². The third-order valence-corrected chi connectivity index (χ3v) is 7.35. The minimum Gasteiger partial charge on any atom is -0.343 e. The van der Waals surface area contributed by atoms with Gasteiger partial charge in [0.2, 0.25) is 0 Å². The van der Waals surface area contributed by atoms with E-state index in [9.17, 15) is 4.79 Å². The first-order valence-electron chi connectivity index (χ1n) is 10.7. The van der Waals surface area contributed by atoms with Crippen LogP contribution in [0, 0.1) is 12.8 Å². The minimum absolute atomic E-state index is 0.135. The normalized spacial score (nSPS) is 17.1. The molecule has 3 aromatic rings. The summed E-state index contributed by atoms with van der Waals surface area (Å²) in [6, 6.07) is 14.3. The third kappa shape index (κ3) is 4.37. The van der Waals surface area contributed by atoms with Crippen LogP contribution in [0.3, 0.4) is 0 Å². The molecule has 2 heterocycles. The second-order valence-corrected chi connectivity index (χ2v) is 9.67. The first kappa shape index (κ1) is 21.6. The molecule has 3 nitrogen and oxygen atoms in total. The highest BCUT2D eigenvalue weighted by molar-refractivity contribution is 9.10. The van der Waals surface area contributed by atoms with E-state index in [1.165, 1.54) is 12.0 Å². The molecule has 0 N–H and O–H groups in total. The molecule has 0 spiro atoms. The van der Waals surface area contributed by atoms with Crippen LogP contribution in [0.1, 0.15) is 41.4 Å². The molecule has 0 saturated carbocycles. The molecule has 0 radical (unpaired) electrons. The van der Waals surface area contributed by atoms with Crippen LogP contribution in [0.2, 0.25) is 5.02 Å². The van der Waals surface area contributed by atoms with Crippen LogP contribution in [0.4, 0.5) is 0 Å². The van der Waals surface area contributed by atoms with E-state index in [-0.39, 0.29) is 5.78 Å². The van der Waals surface area contributed by atoms with E-state index in [0.29, 0.717) is 5.92 Å². The van der Waals surface area contributed by atoms with Gasteiger partial charge < -0.3 is 9.47 Å². The Labute approximate surface area is 192 Å². The molecule has 0 aliphatic carbocycles. The Kier molecular flexibility index (Phi) is 6.66. The summed E-state index contributed by atoms with van der Waals surface area (Å²) in [5, 5.41) is 1.94. The molecule has 0 bridgehead atoms. The Bertz CT molecular complexity index is 1070. The Morgan fingerprint density at radius 2 is 1.97 bits per heavy atom. The topological polar surface area (TPSA) is 25.2 Å². The molecule has 1 saturated heterocycles. The van der Waals surface area contributed by atoms with Gasteiger partial charge in [-0.2, -0.15) is 0 Å². The number of ketones is 1. The molecule has 2 aromatic carbocycles. The number of fused-ring (bicyclic) bond motifs is 1. The maximum absolute atomic E-state index is 12.3. The number of aromatic nitrogens is 1. The van der Waals surface area contributed by atoms with Crippen LogP contribution < -0.4 is 0 Å². The van der Waals surface area contributed by atoms with E-state index < -0.39 is 0 Å². The predicted octanol–water partition coefficient (Wildman–Crippen LogP) is 6.52. The van der Waals surface area contributed by atoms with Crippen LogP contribution in [0.25, 0.3) is 10.9 Å². The second-order valence-electron chi connectivity index (χ2n) is 8.41. The van der Waals surface area contributed by atoms with Crippen molar-refractivity contribution in [3.63, 3.8) is 0 Å². The lowest BCUT2D eigenvalue weighted by atomic mass is 9.99. The maximum Gasteiger partial charge on any atom is 0.162 e. The van der Waals surface area contributed by atoms with Crippen LogP contribution in [-0.2, 0) is 13.0 Å². The van der Waals surface area contributed by atoms with Crippen molar-refractivity contribution in [3.05, 3.63) is 68.8 Å². The molecule has 1 atom stereocenters. The first-order valence-corrected chi connectivity index (χ1v) is 11.9. The molecule has 1 unspecified atom stereocenters. The summed E-state index contributed by atoms with van der Waals surface area (Å²) >= 11 is 10.0. The van der Waals surface area contributed by atoms with Crippen molar-refractivity contribution in [2.24, 2.45) is 5.92 Å². The molecule has 4 rings (SSSR count). The van der Waals surface area contributed by atoms with Crippen molar-refractivity contribution < 1.29 is 4.79 Å². The summed E-state index contributed by atoms with van der Waals surface area (Å²) in [6.07, 6.45) is 3.37. The molecule has 5 heteroatoms. The fourth-order valence-corrected chi connectivity index (χ4v) is 5.72. The monoisotopic (exact) mass is 486 g/mol. The molecule has 30 heavy (non-hydrogen) atoms. The summed E-state index contributed by atoms with van der Waals surface area (Å²) < 4.78 is 3.37. The quantitative estimate of drug-likeness (QED) is 0.354. The number of aryl methyl sites for hydroxylation is 1. The van der Waals surface area contributed by atoms with Crippen LogP contribution in [0.5, 0.6) is 0 Å². The molecule has 0 amide bonds. The van der Waals surface area contributed by atoms with Crippen molar-refractivity contribution in [2.75, 3.05) is 19.6 Å². The van der Waals surface area contributed by atoms with E-state index >= 15 is 0 Å². The maximum atomic E-state index is 12.3. The van der Waals surface area contributed by atoms with Crippen LogP contribution in [-0.4, -0.2) is 34.9 Å². The Morgan fingerprint density at radius 3 is 2.73 bits per heavy atom. The number of Topliss-reactive ketones (excluding diaryl/α,β-unsaturated/α-hetero) is 1. The Morgan fingerprint density at radius 1 is 1.17 bits per heavy atom. The first-order chi connectivity index (χ1) is 14.5. The number of rotatable bonds is 7. The number of likely N-dealkylation sites (tertiary alicyclic amines) is 1. The highest BCUT2D eigenvalue weighted by atomic mass is 79.9. The summed E-state index contributed by atoms with van der Waals surface area (Å²) in [5.41, 5.74) is 4.33. The molecular formula is C25H28BrClN2O. The third-order valence-electron chi connectivity index (χ3n) is 6.34. The zero-order valence-corrected chi connectivity index (χ0v) is 20.0. The lowest BCUT2D eigenvalue weighted by molar-refractivity contribution is 0.101. The summed E-state index contributed by atoms with van der Waals surface area (Å²) in [7, 11) is 0. The predicted molar refractivity (Wildman–Crippen MR) is 129 cm³/mol. The second kappa shape index (κ2) is 9.25. The van der Waals surface area contributed by atoms with Crippen LogP contribution in [0.15, 0.2) is 46.9 Å². The van der Waals surface area contributed by atoms with Gasteiger partial charge in [-0.3, -0.25) is 4.79 Å². The number of hydrogen-bond donors (Lipinski definition) is 0. The van der Waals surface area contributed by atoms with Crippen LogP contribution >= 0.6 is 27.5 Å². The van der Waals surface area contributed by atoms with Gasteiger partial charge in [0.25, 0.3) is 0 Å². The molecule has 1 aromatic heterocycles. The average molecular weight is 488 g/mol. The van der Waals surface area contributed by atoms with E-state index in [0.717, 1.165) is 70.7 Å². The molecule has 158 valence electrons. The van der Waals surface area contributed by atoms with Crippen molar-refractivity contribution in [1.29, 1.82) is 0 Å². The SMILES string of the molecule is CC(=O)c1c(C)n(CCCN2CCC(Cc3ccccc3Cl)C2)c2c(Br)cccc12. The van der Waals surface area contributed by atoms with Gasteiger partial charge in [-0.15, -0.1) is 0 Å². The van der Waals surface area contributed by atoms with Gasteiger partial charge in [-0.25, -0.2) is 0 Å². The van der Waals surface area contributed by atoms with Crippen molar-refractivity contribution in [3.8, 4) is 0 Å². The molecule has 1 aliphatic rings. The van der Waals surface area contributed by atoms with Gasteiger partial charge in [0.15, 0.2) is 5.78 Å². The Hall–Kier alpha value is -1.62. The lowest BCUT2D eigenvalue weighted by Gasteiger charge is -2.17. The van der Waals surface area contributed by atoms with Crippen molar-refractivity contribution >= 4 is 44.2 Å². The number of nitrogens with zero attached hydrogens (tertiary/aromatic N) is 2. The molecule has 1 fully saturated rings. The summed E-state index contributed by atoms with van der Waals surface area (Å²) in [5.74, 6) is 0.814. The highest BCUT2D eigenvalue weighted by Gasteiger charge is 2.23. The number of carbonyl (C=O) groups is 1. The van der Waals surface area contributed by atoms with Gasteiger partial charge >= 0.3 is 0 Å². The van der Waals surface area contributed by atoms with Gasteiger partial charge in [0.1, 0.15) is 0 Å². The van der Waals surface area contributed by atoms with Crippen molar-refractivity contribution in [1.82, 2.24) is 9.47 Å². The average Bonchev–Trinajstić information content (AvgIpc) is 3.26. The number of hydrogen-bond acceptors (Lipinski definition) is 2. The van der Waals surface area contributed by atoms with Crippen molar-refractivity contribution in [2.45, 2.75) is 39.7 Å². The number of para-hydroxylation sites is 1. The standard InChI is InChI=1S/C25H28BrClN2O/c1-17-24(18(2)30)21-8-5-9-22(26)25(21)29(17)13-6-12-28-14-11-19(16-28)15-20-7-3-4-10-23(20)27/h3-5,7-10,19H,6,11-16H2,1-2H3. The van der Waals surface area contributed by atoms with E-state index in [4.69, 9.17) is 11.6 Å². The number of carbonyl (C=O) groups excluding carboxylic acids is 1. The van der Waals surface area contributed by atoms with E-state index in [1.54, 1.807) is 6.92 Å². The Balaban J connectivity index is 1.40. The van der Waals surface area contributed by atoms with Gasteiger partial charge in [-0.05, 0) is 85.7 Å². The smallest absolute Gasteiger partial charge is 0.162 e. The summed E-state index contributed by atoms with van der Waals surface area (Å²) in [6.45, 7) is 8.03. The largest absolute Gasteiger partial charge is 0.343 e. The van der Waals surface area contributed by atoms with E-state index in [2.05, 4.69) is 56.6 Å².